The van der Waals surface area contributed by atoms with E-state index >= 15 is 0 Å². The minimum absolute atomic E-state index is 0.463. The molecule has 0 saturated carbocycles. The van der Waals surface area contributed by atoms with E-state index in [1.165, 1.54) is 6.21 Å². The lowest BCUT2D eigenvalue weighted by Crippen LogP contribution is -2.43. The van der Waals surface area contributed by atoms with Crippen molar-refractivity contribution in [2.24, 2.45) is 5.10 Å². The largest absolute Gasteiger partial charge is 0.462 e. The lowest BCUT2D eigenvalue weighted by molar-refractivity contribution is -0.136. The maximum Gasteiger partial charge on any atom is 0.281 e. The molecule has 0 saturated heterocycles. The van der Waals surface area contributed by atoms with E-state index in [1.807, 2.05) is 31.2 Å². The van der Waals surface area contributed by atoms with Crippen LogP contribution in [0.3, 0.4) is 0 Å². The van der Waals surface area contributed by atoms with Gasteiger partial charge in [-0.05, 0) is 42.3 Å². The number of carbonyl (C=O) groups is 1. The molecule has 0 aliphatic carbocycles. The topological polar surface area (TPSA) is 74.8 Å². The molecule has 1 heterocycles. The Bertz CT molecular complexity index is 904. The summed E-state index contributed by atoms with van der Waals surface area (Å²) in [6.07, 6.45) is 4.79. The Morgan fingerprint density at radius 1 is 1.00 bits per heavy atom. The highest BCUT2D eigenvalue weighted by Gasteiger charge is 2.39. The van der Waals surface area contributed by atoms with Gasteiger partial charge in [-0.3, -0.25) is 4.79 Å². The van der Waals surface area contributed by atoms with Gasteiger partial charge in [0.2, 0.25) is 0 Å². The van der Waals surface area contributed by atoms with E-state index in [0.717, 1.165) is 5.76 Å². The number of hydrogen-bond acceptors (Lipinski definition) is 4. The van der Waals surface area contributed by atoms with Gasteiger partial charge in [0.05, 0.1) is 0 Å². The molecule has 0 radical (unpaired) electrons. The summed E-state index contributed by atoms with van der Waals surface area (Å²) in [6.45, 7) is 1.86. The average Bonchev–Trinajstić information content (AvgIpc) is 3.13. The number of benzene rings is 2. The van der Waals surface area contributed by atoms with Crippen molar-refractivity contribution in [3.63, 3.8) is 0 Å². The predicted molar refractivity (Wildman–Crippen MR) is 105 cm³/mol. The molecular weight excluding hydrogens is 340 g/mol. The number of rotatable bonds is 6. The maximum atomic E-state index is 12.8. The summed E-state index contributed by atoms with van der Waals surface area (Å²) in [5.74, 6) is 0.865. The fourth-order valence-electron chi connectivity index (χ4n) is 2.69. The van der Waals surface area contributed by atoms with Gasteiger partial charge in [0.15, 0.2) is 5.60 Å². The van der Waals surface area contributed by atoms with E-state index in [2.05, 4.69) is 10.5 Å². The third-order valence-electron chi connectivity index (χ3n) is 4.06. The van der Waals surface area contributed by atoms with Crippen molar-refractivity contribution in [3.05, 3.63) is 102 Å². The Labute approximate surface area is 157 Å². The number of aryl methyl sites for hydroxylation is 1. The SMILES string of the molecule is Cc1ccc(/C=C/C=N/NC(=O)C(O)(c2ccccc2)c2ccccc2)o1. The molecule has 1 amide bonds. The Hall–Kier alpha value is -3.44. The first-order valence-electron chi connectivity index (χ1n) is 8.51. The highest BCUT2D eigenvalue weighted by atomic mass is 16.3. The Morgan fingerprint density at radius 2 is 1.59 bits per heavy atom. The summed E-state index contributed by atoms with van der Waals surface area (Å²) in [5, 5.41) is 15.1. The van der Waals surface area contributed by atoms with Gasteiger partial charge in [-0.2, -0.15) is 5.10 Å². The standard InChI is InChI=1S/C22H20N2O3/c1-17-14-15-20(27-17)13-8-16-23-24-21(25)22(26,18-9-4-2-5-10-18)19-11-6-3-7-12-19/h2-16,26H,1H3,(H,24,25)/b13-8+,23-16+. The van der Waals surface area contributed by atoms with Crippen molar-refractivity contribution in [1.82, 2.24) is 5.43 Å². The Morgan fingerprint density at radius 3 is 2.11 bits per heavy atom. The predicted octanol–water partition coefficient (Wildman–Crippen LogP) is 3.64. The quantitative estimate of drug-likeness (QED) is 0.521. The van der Waals surface area contributed by atoms with Crippen LogP contribution in [0, 0.1) is 6.92 Å². The van der Waals surface area contributed by atoms with Crippen LogP contribution in [0.15, 0.2) is 88.4 Å². The highest BCUT2D eigenvalue weighted by Crippen LogP contribution is 2.29. The number of nitrogens with zero attached hydrogens (tertiary/aromatic N) is 1. The van der Waals surface area contributed by atoms with Crippen molar-refractivity contribution in [1.29, 1.82) is 0 Å². The summed E-state index contributed by atoms with van der Waals surface area (Å²) < 4.78 is 5.41. The van der Waals surface area contributed by atoms with Gasteiger partial charge in [-0.25, -0.2) is 5.43 Å². The van der Waals surface area contributed by atoms with E-state index in [4.69, 9.17) is 4.42 Å². The second kappa shape index (κ2) is 8.29. The van der Waals surface area contributed by atoms with Gasteiger partial charge in [0.25, 0.3) is 5.91 Å². The van der Waals surface area contributed by atoms with Crippen LogP contribution in [0.2, 0.25) is 0 Å². The number of carbonyl (C=O) groups excluding carboxylic acids is 1. The molecule has 0 spiro atoms. The maximum absolute atomic E-state index is 12.8. The lowest BCUT2D eigenvalue weighted by atomic mass is 9.85. The first-order chi connectivity index (χ1) is 13.1. The molecule has 0 fully saturated rings. The first-order valence-corrected chi connectivity index (χ1v) is 8.51. The first kappa shape index (κ1) is 18.4. The van der Waals surface area contributed by atoms with Gasteiger partial charge in [0, 0.05) is 6.21 Å². The number of allylic oxidation sites excluding steroid dienone is 1. The molecule has 5 nitrogen and oxygen atoms in total. The van der Waals surface area contributed by atoms with Gasteiger partial charge in [-0.1, -0.05) is 60.7 Å². The summed E-state index contributed by atoms with van der Waals surface area (Å²) >= 11 is 0. The number of hydrogen-bond donors (Lipinski definition) is 2. The van der Waals surface area contributed by atoms with E-state index in [9.17, 15) is 9.90 Å². The van der Waals surface area contributed by atoms with Crippen molar-refractivity contribution in [2.45, 2.75) is 12.5 Å². The smallest absolute Gasteiger partial charge is 0.281 e. The van der Waals surface area contributed by atoms with Crippen molar-refractivity contribution >= 4 is 18.2 Å². The number of aliphatic hydroxyl groups is 1. The van der Waals surface area contributed by atoms with E-state index < -0.39 is 11.5 Å². The number of nitrogens with one attached hydrogen (secondary N) is 1. The van der Waals surface area contributed by atoms with Gasteiger partial charge in [-0.15, -0.1) is 0 Å². The molecule has 2 aromatic carbocycles. The molecule has 3 aromatic rings. The zero-order valence-electron chi connectivity index (χ0n) is 14.9. The Balaban J connectivity index is 1.78. The second-order valence-corrected chi connectivity index (χ2v) is 5.97. The molecule has 0 aliphatic rings. The van der Waals surface area contributed by atoms with Crippen LogP contribution in [-0.2, 0) is 10.4 Å². The fraction of sp³-hybridized carbons (Fsp3) is 0.0909. The summed E-state index contributed by atoms with van der Waals surface area (Å²) in [7, 11) is 0. The molecule has 0 atom stereocenters. The molecular formula is C22H20N2O3. The van der Waals surface area contributed by atoms with Crippen molar-refractivity contribution < 1.29 is 14.3 Å². The molecule has 0 unspecified atom stereocenters. The monoisotopic (exact) mass is 360 g/mol. The van der Waals surface area contributed by atoms with Crippen LogP contribution in [0.25, 0.3) is 6.08 Å². The molecule has 0 aliphatic heterocycles. The molecule has 2 N–H and O–H groups in total. The van der Waals surface area contributed by atoms with Crippen molar-refractivity contribution in [3.8, 4) is 0 Å². The van der Waals surface area contributed by atoms with Crippen LogP contribution in [-0.4, -0.2) is 17.2 Å². The molecule has 27 heavy (non-hydrogen) atoms. The van der Waals surface area contributed by atoms with Gasteiger partial charge >= 0.3 is 0 Å². The minimum atomic E-state index is -1.85. The van der Waals surface area contributed by atoms with E-state index in [0.29, 0.717) is 16.9 Å². The van der Waals surface area contributed by atoms with Crippen LogP contribution >= 0.6 is 0 Å². The lowest BCUT2D eigenvalue weighted by Gasteiger charge is -2.26. The molecule has 1 aromatic heterocycles. The Kier molecular flexibility index (Phi) is 5.64. The van der Waals surface area contributed by atoms with Crippen LogP contribution in [0.4, 0.5) is 0 Å². The number of hydrazone groups is 1. The van der Waals surface area contributed by atoms with E-state index in [-0.39, 0.29) is 0 Å². The number of furan rings is 1. The normalized spacial score (nSPS) is 11.9. The van der Waals surface area contributed by atoms with Gasteiger partial charge < -0.3 is 9.52 Å². The third kappa shape index (κ3) is 4.22. The molecule has 5 heteroatoms. The van der Waals surface area contributed by atoms with Crippen LogP contribution in [0.1, 0.15) is 22.6 Å². The number of amides is 1. The zero-order chi connectivity index (χ0) is 19.1. The van der Waals surface area contributed by atoms with E-state index in [1.54, 1.807) is 60.7 Å². The van der Waals surface area contributed by atoms with Gasteiger partial charge in [0.1, 0.15) is 11.5 Å². The summed E-state index contributed by atoms with van der Waals surface area (Å²) in [4.78, 5) is 12.8. The average molecular weight is 360 g/mol. The molecule has 3 rings (SSSR count). The summed E-state index contributed by atoms with van der Waals surface area (Å²) in [6, 6.07) is 21.2. The zero-order valence-corrected chi connectivity index (χ0v) is 14.9. The van der Waals surface area contributed by atoms with Crippen molar-refractivity contribution in [2.75, 3.05) is 0 Å². The fourth-order valence-corrected chi connectivity index (χ4v) is 2.69. The van der Waals surface area contributed by atoms with Crippen LogP contribution in [0.5, 0.6) is 0 Å². The molecule has 136 valence electrons. The van der Waals surface area contributed by atoms with Crippen LogP contribution < -0.4 is 5.43 Å². The molecule has 0 bridgehead atoms. The third-order valence-corrected chi connectivity index (χ3v) is 4.06. The minimum Gasteiger partial charge on any atom is -0.462 e. The highest BCUT2D eigenvalue weighted by molar-refractivity contribution is 5.90. The summed E-state index contributed by atoms with van der Waals surface area (Å²) in [5.41, 5.74) is 1.49. The second-order valence-electron chi connectivity index (χ2n) is 5.97.